The van der Waals surface area contributed by atoms with E-state index in [4.69, 9.17) is 0 Å². The van der Waals surface area contributed by atoms with Crippen LogP contribution < -0.4 is 4.90 Å². The lowest BCUT2D eigenvalue weighted by atomic mass is 10.1. The molecule has 1 amide bonds. The Morgan fingerprint density at radius 3 is 2.42 bits per heavy atom. The van der Waals surface area contributed by atoms with Gasteiger partial charge in [-0.2, -0.15) is 0 Å². The number of amides is 1. The van der Waals surface area contributed by atoms with E-state index in [1.807, 2.05) is 30.3 Å². The summed E-state index contributed by atoms with van der Waals surface area (Å²) in [5, 5.41) is 11.2. The third-order valence-corrected chi connectivity index (χ3v) is 5.17. The zero-order chi connectivity index (χ0) is 18.7. The van der Waals surface area contributed by atoms with Crippen molar-refractivity contribution in [2.24, 2.45) is 0 Å². The number of carbonyl (C=O) groups is 2. The molecule has 1 heterocycles. The molecule has 1 atom stereocenters. The predicted molar refractivity (Wildman–Crippen MR) is 101 cm³/mol. The highest BCUT2D eigenvalue weighted by Gasteiger charge is 2.32. The Kier molecular flexibility index (Phi) is 5.18. The highest BCUT2D eigenvalue weighted by atomic mass is 32.2. The van der Waals surface area contributed by atoms with E-state index in [1.165, 1.54) is 36.9 Å². The highest BCUT2D eigenvalue weighted by molar-refractivity contribution is 8.03. The number of nitro benzene ring substituents is 1. The SMILES string of the molecule is CC(=O)/C=C1\SC(c2ccc([N+](=O)[O-])cc2)CC(=O)N1c1ccccc1. The van der Waals surface area contributed by atoms with Gasteiger partial charge in [0.15, 0.2) is 5.78 Å². The fourth-order valence-corrected chi connectivity index (χ4v) is 4.09. The molecule has 2 aromatic rings. The lowest BCUT2D eigenvalue weighted by molar-refractivity contribution is -0.384. The summed E-state index contributed by atoms with van der Waals surface area (Å²) in [5.74, 6) is -0.267. The van der Waals surface area contributed by atoms with Crippen molar-refractivity contribution in [1.82, 2.24) is 0 Å². The van der Waals surface area contributed by atoms with Crippen molar-refractivity contribution in [3.05, 3.63) is 81.4 Å². The quantitative estimate of drug-likeness (QED) is 0.458. The first-order valence-electron chi connectivity index (χ1n) is 7.97. The molecule has 3 rings (SSSR count). The largest absolute Gasteiger partial charge is 0.295 e. The smallest absolute Gasteiger partial charge is 0.269 e. The van der Waals surface area contributed by atoms with E-state index in [0.717, 1.165) is 5.56 Å². The van der Waals surface area contributed by atoms with Crippen LogP contribution in [0.25, 0.3) is 0 Å². The number of benzene rings is 2. The number of hydrogen-bond donors (Lipinski definition) is 0. The lowest BCUT2D eigenvalue weighted by Crippen LogP contribution is -2.34. The zero-order valence-electron chi connectivity index (χ0n) is 14.0. The van der Waals surface area contributed by atoms with Crippen molar-refractivity contribution < 1.29 is 14.5 Å². The molecule has 0 radical (unpaired) electrons. The third-order valence-electron chi connectivity index (χ3n) is 3.91. The molecule has 0 spiro atoms. The molecule has 0 bridgehead atoms. The van der Waals surface area contributed by atoms with Crippen LogP contribution in [0.2, 0.25) is 0 Å². The average molecular weight is 368 g/mol. The summed E-state index contributed by atoms with van der Waals surface area (Å²) < 4.78 is 0. The van der Waals surface area contributed by atoms with Crippen LogP contribution in [0.1, 0.15) is 24.2 Å². The zero-order valence-corrected chi connectivity index (χ0v) is 14.8. The number of rotatable bonds is 4. The number of thioether (sulfide) groups is 1. The predicted octanol–water partition coefficient (Wildman–Crippen LogP) is 4.24. The Morgan fingerprint density at radius 2 is 1.85 bits per heavy atom. The number of anilines is 1. The number of allylic oxidation sites excluding steroid dienone is 1. The van der Waals surface area contributed by atoms with Crippen molar-refractivity contribution in [3.63, 3.8) is 0 Å². The molecule has 6 nitrogen and oxygen atoms in total. The summed E-state index contributed by atoms with van der Waals surface area (Å²) in [6.45, 7) is 1.44. The van der Waals surface area contributed by atoms with Crippen LogP contribution in [0.3, 0.4) is 0 Å². The molecule has 1 aliphatic heterocycles. The van der Waals surface area contributed by atoms with Crippen molar-refractivity contribution in [2.75, 3.05) is 4.90 Å². The summed E-state index contributed by atoms with van der Waals surface area (Å²) in [6, 6.07) is 15.3. The van der Waals surface area contributed by atoms with Crippen LogP contribution in [0.5, 0.6) is 0 Å². The average Bonchev–Trinajstić information content (AvgIpc) is 2.61. The molecular weight excluding hydrogens is 352 g/mol. The molecule has 26 heavy (non-hydrogen) atoms. The van der Waals surface area contributed by atoms with E-state index in [1.54, 1.807) is 17.0 Å². The van der Waals surface area contributed by atoms with Gasteiger partial charge >= 0.3 is 0 Å². The first kappa shape index (κ1) is 17.9. The van der Waals surface area contributed by atoms with Gasteiger partial charge in [-0.25, -0.2) is 0 Å². The molecule has 7 heteroatoms. The maximum atomic E-state index is 12.8. The summed E-state index contributed by atoms with van der Waals surface area (Å²) in [5.41, 5.74) is 1.53. The molecule has 1 fully saturated rings. The van der Waals surface area contributed by atoms with Gasteiger partial charge in [0.05, 0.1) is 9.95 Å². The van der Waals surface area contributed by atoms with Gasteiger partial charge in [-0.15, -0.1) is 0 Å². The van der Waals surface area contributed by atoms with Gasteiger partial charge in [0, 0.05) is 35.6 Å². The van der Waals surface area contributed by atoms with Gasteiger partial charge in [0.25, 0.3) is 5.69 Å². The highest BCUT2D eigenvalue weighted by Crippen LogP contribution is 2.45. The van der Waals surface area contributed by atoms with Crippen molar-refractivity contribution in [1.29, 1.82) is 0 Å². The number of ketones is 1. The van der Waals surface area contributed by atoms with Crippen LogP contribution in [-0.2, 0) is 9.59 Å². The molecule has 1 unspecified atom stereocenters. The van der Waals surface area contributed by atoms with Crippen LogP contribution in [0.4, 0.5) is 11.4 Å². The van der Waals surface area contributed by atoms with Crippen molar-refractivity contribution in [3.8, 4) is 0 Å². The van der Waals surface area contributed by atoms with Gasteiger partial charge < -0.3 is 0 Å². The van der Waals surface area contributed by atoms with Crippen LogP contribution >= 0.6 is 11.8 Å². The minimum atomic E-state index is -0.457. The maximum Gasteiger partial charge on any atom is 0.269 e. The Hall–Kier alpha value is -2.93. The van der Waals surface area contributed by atoms with Crippen LogP contribution in [0.15, 0.2) is 65.7 Å². The van der Waals surface area contributed by atoms with Gasteiger partial charge in [-0.3, -0.25) is 24.6 Å². The monoisotopic (exact) mass is 368 g/mol. The number of hydrogen-bond acceptors (Lipinski definition) is 5. The number of nitrogens with zero attached hydrogens (tertiary/aromatic N) is 2. The third kappa shape index (κ3) is 3.83. The number of para-hydroxylation sites is 1. The van der Waals surface area contributed by atoms with Crippen LogP contribution in [0, 0.1) is 10.1 Å². The molecular formula is C19H16N2O4S. The fourth-order valence-electron chi connectivity index (χ4n) is 2.73. The Bertz CT molecular complexity index is 878. The van der Waals surface area contributed by atoms with Crippen molar-refractivity contribution in [2.45, 2.75) is 18.6 Å². The van der Waals surface area contributed by atoms with E-state index in [0.29, 0.717) is 10.7 Å². The number of carbonyl (C=O) groups excluding carboxylic acids is 2. The molecule has 132 valence electrons. The maximum absolute atomic E-state index is 12.8. The van der Waals surface area contributed by atoms with E-state index in [-0.39, 0.29) is 29.0 Å². The van der Waals surface area contributed by atoms with E-state index < -0.39 is 4.92 Å². The second kappa shape index (κ2) is 7.53. The molecule has 0 saturated carbocycles. The van der Waals surface area contributed by atoms with Gasteiger partial charge in [-0.1, -0.05) is 42.1 Å². The summed E-state index contributed by atoms with van der Waals surface area (Å²) in [6.07, 6.45) is 1.69. The Balaban J connectivity index is 1.93. The van der Waals surface area contributed by atoms with Gasteiger partial charge in [-0.05, 0) is 24.6 Å². The second-order valence-electron chi connectivity index (χ2n) is 5.82. The van der Waals surface area contributed by atoms with Gasteiger partial charge in [0.1, 0.15) is 0 Å². The number of non-ortho nitro benzene ring substituents is 1. The van der Waals surface area contributed by atoms with Gasteiger partial charge in [0.2, 0.25) is 5.91 Å². The molecule has 0 N–H and O–H groups in total. The lowest BCUT2D eigenvalue weighted by Gasteiger charge is -2.33. The van der Waals surface area contributed by atoms with E-state index >= 15 is 0 Å². The molecule has 1 aliphatic rings. The van der Waals surface area contributed by atoms with Crippen molar-refractivity contribution >= 4 is 34.8 Å². The summed E-state index contributed by atoms with van der Waals surface area (Å²) in [7, 11) is 0. The normalized spacial score (nSPS) is 18.8. The number of nitro groups is 1. The summed E-state index contributed by atoms with van der Waals surface area (Å²) >= 11 is 1.41. The Morgan fingerprint density at radius 1 is 1.19 bits per heavy atom. The minimum absolute atomic E-state index is 0.00583. The minimum Gasteiger partial charge on any atom is -0.295 e. The van der Waals surface area contributed by atoms with E-state index in [9.17, 15) is 19.7 Å². The standard InChI is InChI=1S/C19H16N2O4S/c1-13(22)11-19-20(15-5-3-2-4-6-15)18(23)12-17(26-19)14-7-9-16(10-8-14)21(24)25/h2-11,17H,12H2,1H3/b19-11-. The second-order valence-corrected chi connectivity index (χ2v) is 7.04. The first-order chi connectivity index (χ1) is 12.5. The molecule has 0 aliphatic carbocycles. The Labute approximate surface area is 154 Å². The summed E-state index contributed by atoms with van der Waals surface area (Å²) in [4.78, 5) is 36.4. The molecule has 2 aromatic carbocycles. The topological polar surface area (TPSA) is 80.5 Å². The molecule has 1 saturated heterocycles. The molecule has 0 aromatic heterocycles. The van der Waals surface area contributed by atoms with Crippen LogP contribution in [-0.4, -0.2) is 16.6 Å². The first-order valence-corrected chi connectivity index (χ1v) is 8.85. The fraction of sp³-hybridized carbons (Fsp3) is 0.158. The van der Waals surface area contributed by atoms with E-state index in [2.05, 4.69) is 0 Å².